The third-order valence-electron chi connectivity index (χ3n) is 3.48. The average molecular weight is 389 g/mol. The highest BCUT2D eigenvalue weighted by molar-refractivity contribution is 6.43. The maximum atomic E-state index is 11.9. The minimum atomic E-state index is -0.302. The predicted molar refractivity (Wildman–Crippen MR) is 105 cm³/mol. The molecule has 3 aromatic rings. The first-order valence-electron chi connectivity index (χ1n) is 7.55. The van der Waals surface area contributed by atoms with Gasteiger partial charge in [-0.2, -0.15) is 5.10 Å². The van der Waals surface area contributed by atoms with Crippen LogP contribution in [0.5, 0.6) is 5.75 Å². The van der Waals surface area contributed by atoms with Gasteiger partial charge < -0.3 is 4.74 Å². The van der Waals surface area contributed by atoms with Crippen molar-refractivity contribution in [1.82, 2.24) is 9.97 Å². The Kier molecular flexibility index (Phi) is 5.55. The zero-order valence-electron chi connectivity index (χ0n) is 13.7. The lowest BCUT2D eigenvalue weighted by Crippen LogP contribution is -2.10. The van der Waals surface area contributed by atoms with E-state index in [0.717, 1.165) is 11.3 Å². The van der Waals surface area contributed by atoms with Crippen molar-refractivity contribution in [3.63, 3.8) is 0 Å². The molecule has 0 saturated heterocycles. The Bertz CT molecular complexity index is 1000. The molecule has 132 valence electrons. The molecular weight excluding hydrogens is 375 g/mol. The summed E-state index contributed by atoms with van der Waals surface area (Å²) in [6.07, 6.45) is 1.49. The summed E-state index contributed by atoms with van der Waals surface area (Å²) in [4.78, 5) is 18.8. The monoisotopic (exact) mass is 388 g/mol. The molecule has 1 heterocycles. The van der Waals surface area contributed by atoms with Crippen LogP contribution in [0.1, 0.15) is 5.56 Å². The second kappa shape index (κ2) is 8.03. The number of nitrogens with one attached hydrogen (secondary N) is 2. The molecule has 26 heavy (non-hydrogen) atoms. The quantitative estimate of drug-likeness (QED) is 0.507. The zero-order chi connectivity index (χ0) is 18.5. The van der Waals surface area contributed by atoms with Gasteiger partial charge in [0.15, 0.2) is 0 Å². The van der Waals surface area contributed by atoms with Gasteiger partial charge >= 0.3 is 0 Å². The van der Waals surface area contributed by atoms with E-state index in [1.807, 2.05) is 12.1 Å². The van der Waals surface area contributed by atoms with Crippen LogP contribution >= 0.6 is 23.2 Å². The number of hydrogen-bond donors (Lipinski definition) is 2. The maximum Gasteiger partial charge on any atom is 0.252 e. The fraction of sp³-hybridized carbons (Fsp3) is 0.0556. The van der Waals surface area contributed by atoms with Crippen molar-refractivity contribution in [2.24, 2.45) is 5.10 Å². The van der Waals surface area contributed by atoms with E-state index in [-0.39, 0.29) is 11.5 Å². The molecule has 2 N–H and O–H groups in total. The first-order valence-corrected chi connectivity index (χ1v) is 8.31. The number of rotatable bonds is 5. The van der Waals surface area contributed by atoms with Crippen LogP contribution in [0.2, 0.25) is 10.0 Å². The lowest BCUT2D eigenvalue weighted by atomic mass is 10.1. The minimum absolute atomic E-state index is 0.206. The van der Waals surface area contributed by atoms with E-state index in [1.54, 1.807) is 37.4 Å². The number of halogens is 2. The van der Waals surface area contributed by atoms with Gasteiger partial charge in [-0.3, -0.25) is 9.78 Å². The van der Waals surface area contributed by atoms with Crippen LogP contribution in [0, 0.1) is 0 Å². The summed E-state index contributed by atoms with van der Waals surface area (Å²) in [6, 6.07) is 13.9. The van der Waals surface area contributed by atoms with Crippen molar-refractivity contribution in [2.45, 2.75) is 0 Å². The number of hydrazone groups is 1. The van der Waals surface area contributed by atoms with E-state index < -0.39 is 0 Å². The van der Waals surface area contributed by atoms with Crippen LogP contribution in [-0.4, -0.2) is 23.3 Å². The second-order valence-electron chi connectivity index (χ2n) is 5.22. The molecule has 0 spiro atoms. The van der Waals surface area contributed by atoms with Gasteiger partial charge in [-0.15, -0.1) is 0 Å². The van der Waals surface area contributed by atoms with Gasteiger partial charge in [-0.25, -0.2) is 10.4 Å². The maximum absolute atomic E-state index is 11.9. The normalized spacial score (nSPS) is 10.9. The summed E-state index contributed by atoms with van der Waals surface area (Å²) >= 11 is 12.1. The van der Waals surface area contributed by atoms with Gasteiger partial charge in [0.1, 0.15) is 5.75 Å². The van der Waals surface area contributed by atoms with Gasteiger partial charge in [-0.1, -0.05) is 35.3 Å². The van der Waals surface area contributed by atoms with Gasteiger partial charge in [0.2, 0.25) is 5.95 Å². The topological polar surface area (TPSA) is 79.4 Å². The first kappa shape index (κ1) is 18.0. The van der Waals surface area contributed by atoms with Crippen LogP contribution in [-0.2, 0) is 0 Å². The van der Waals surface area contributed by atoms with Crippen molar-refractivity contribution in [3.05, 3.63) is 74.5 Å². The SMILES string of the molecule is COc1ccc(-c2cc(=O)[nH]c(N/N=C\c3cccc(Cl)c3Cl)n2)cc1. The highest BCUT2D eigenvalue weighted by Crippen LogP contribution is 2.24. The van der Waals surface area contributed by atoms with E-state index in [9.17, 15) is 4.79 Å². The number of hydrogen-bond acceptors (Lipinski definition) is 5. The third kappa shape index (κ3) is 4.22. The van der Waals surface area contributed by atoms with Crippen LogP contribution in [0.3, 0.4) is 0 Å². The molecular formula is C18H14Cl2N4O2. The number of nitrogens with zero attached hydrogens (tertiary/aromatic N) is 2. The number of aromatic nitrogens is 2. The minimum Gasteiger partial charge on any atom is -0.497 e. The van der Waals surface area contributed by atoms with Crippen LogP contribution < -0.4 is 15.7 Å². The fourth-order valence-electron chi connectivity index (χ4n) is 2.20. The molecule has 2 aromatic carbocycles. The van der Waals surface area contributed by atoms with Crippen molar-refractivity contribution < 1.29 is 4.74 Å². The van der Waals surface area contributed by atoms with Gasteiger partial charge in [0, 0.05) is 17.2 Å². The Morgan fingerprint density at radius 2 is 1.96 bits per heavy atom. The Morgan fingerprint density at radius 1 is 1.19 bits per heavy atom. The number of anilines is 1. The fourth-order valence-corrected chi connectivity index (χ4v) is 2.56. The summed E-state index contributed by atoms with van der Waals surface area (Å²) in [5.41, 5.74) is 4.32. The predicted octanol–water partition coefficient (Wildman–Crippen LogP) is 4.20. The average Bonchev–Trinajstić information content (AvgIpc) is 2.65. The number of methoxy groups -OCH3 is 1. The standard InChI is InChI=1S/C18H14Cl2N4O2/c1-26-13-7-5-11(6-8-13)15-9-16(25)23-18(22-15)24-21-10-12-3-2-4-14(19)17(12)20/h2-10H,1H3,(H2,22,23,24,25)/b21-10-. The third-order valence-corrected chi connectivity index (χ3v) is 4.32. The van der Waals surface area contributed by atoms with E-state index in [1.165, 1.54) is 12.3 Å². The molecule has 6 nitrogen and oxygen atoms in total. The highest BCUT2D eigenvalue weighted by Gasteiger charge is 2.05. The van der Waals surface area contributed by atoms with Crippen LogP contribution in [0.25, 0.3) is 11.3 Å². The molecule has 3 rings (SSSR count). The van der Waals surface area contributed by atoms with Gasteiger partial charge in [0.05, 0.1) is 29.1 Å². The summed E-state index contributed by atoms with van der Waals surface area (Å²) < 4.78 is 5.13. The Morgan fingerprint density at radius 3 is 2.69 bits per heavy atom. The molecule has 0 saturated carbocycles. The molecule has 0 atom stereocenters. The van der Waals surface area contributed by atoms with Crippen molar-refractivity contribution in [1.29, 1.82) is 0 Å². The lowest BCUT2D eigenvalue weighted by molar-refractivity contribution is 0.415. The van der Waals surface area contributed by atoms with E-state index in [4.69, 9.17) is 27.9 Å². The molecule has 0 unspecified atom stereocenters. The second-order valence-corrected chi connectivity index (χ2v) is 6.01. The lowest BCUT2D eigenvalue weighted by Gasteiger charge is -2.05. The number of H-pyrrole nitrogens is 1. The molecule has 0 aliphatic heterocycles. The van der Waals surface area contributed by atoms with Crippen LogP contribution in [0.15, 0.2) is 58.4 Å². The number of benzene rings is 2. The number of ether oxygens (including phenoxy) is 1. The van der Waals surface area contributed by atoms with E-state index in [0.29, 0.717) is 21.3 Å². The van der Waals surface area contributed by atoms with E-state index >= 15 is 0 Å². The molecule has 0 aliphatic rings. The Labute approximate surface area is 159 Å². The molecule has 1 aromatic heterocycles. The van der Waals surface area contributed by atoms with Crippen LogP contribution in [0.4, 0.5) is 5.95 Å². The smallest absolute Gasteiger partial charge is 0.252 e. The number of aromatic amines is 1. The largest absolute Gasteiger partial charge is 0.497 e. The van der Waals surface area contributed by atoms with Crippen molar-refractivity contribution in [2.75, 3.05) is 12.5 Å². The van der Waals surface area contributed by atoms with Crippen molar-refractivity contribution in [3.8, 4) is 17.0 Å². The van der Waals surface area contributed by atoms with Gasteiger partial charge in [-0.05, 0) is 30.3 Å². The summed E-state index contributed by atoms with van der Waals surface area (Å²) in [6.45, 7) is 0. The van der Waals surface area contributed by atoms with E-state index in [2.05, 4.69) is 20.5 Å². The first-order chi connectivity index (χ1) is 12.6. The molecule has 0 amide bonds. The molecule has 0 bridgehead atoms. The highest BCUT2D eigenvalue weighted by atomic mass is 35.5. The van der Waals surface area contributed by atoms with Crippen molar-refractivity contribution >= 4 is 35.4 Å². The zero-order valence-corrected chi connectivity index (χ0v) is 15.2. The molecule has 8 heteroatoms. The Hall–Kier alpha value is -2.83. The molecule has 0 aliphatic carbocycles. The summed E-state index contributed by atoms with van der Waals surface area (Å²) in [5.74, 6) is 0.928. The summed E-state index contributed by atoms with van der Waals surface area (Å²) in [5, 5.41) is 4.88. The van der Waals surface area contributed by atoms with Gasteiger partial charge in [0.25, 0.3) is 5.56 Å². The Balaban J connectivity index is 1.82. The molecule has 0 fully saturated rings. The molecule has 0 radical (unpaired) electrons. The summed E-state index contributed by atoms with van der Waals surface area (Å²) in [7, 11) is 1.59.